The van der Waals surface area contributed by atoms with E-state index in [0.717, 1.165) is 32.1 Å². The van der Waals surface area contributed by atoms with Crippen molar-refractivity contribution in [3.05, 3.63) is 0 Å². The van der Waals surface area contributed by atoms with Crippen LogP contribution in [0.25, 0.3) is 0 Å². The molecule has 2 unspecified atom stereocenters. The van der Waals surface area contributed by atoms with Gasteiger partial charge in [0, 0.05) is 0 Å². The van der Waals surface area contributed by atoms with Gasteiger partial charge in [-0.05, 0) is 80.5 Å². The van der Waals surface area contributed by atoms with Gasteiger partial charge in [-0.1, -0.05) is 76.2 Å². The van der Waals surface area contributed by atoms with Crippen LogP contribution in [0.3, 0.4) is 0 Å². The second kappa shape index (κ2) is 9.77. The van der Waals surface area contributed by atoms with Gasteiger partial charge in [0.25, 0.3) is 0 Å². The lowest BCUT2D eigenvalue weighted by molar-refractivity contribution is -0.193. The van der Waals surface area contributed by atoms with E-state index < -0.39 is 16.2 Å². The van der Waals surface area contributed by atoms with Crippen LogP contribution in [-0.2, 0) is 19.1 Å². The number of ether oxygens (including phenoxy) is 2. The first-order valence-electron chi connectivity index (χ1n) is 13.4. The fraction of sp³-hybridized carbons (Fsp3) is 0.933. The van der Waals surface area contributed by atoms with Gasteiger partial charge in [-0.2, -0.15) is 0 Å². The Balaban J connectivity index is 3.57. The molecule has 0 aliphatic heterocycles. The van der Waals surface area contributed by atoms with Gasteiger partial charge in [0.05, 0.1) is 17.9 Å². The Labute approximate surface area is 211 Å². The van der Waals surface area contributed by atoms with Crippen LogP contribution in [0.15, 0.2) is 0 Å². The van der Waals surface area contributed by atoms with Crippen molar-refractivity contribution < 1.29 is 19.1 Å². The van der Waals surface area contributed by atoms with Crippen molar-refractivity contribution in [2.24, 2.45) is 32.5 Å². The summed E-state index contributed by atoms with van der Waals surface area (Å²) in [4.78, 5) is 27.3. The maximum Gasteiger partial charge on any atom is 0.312 e. The zero-order valence-electron chi connectivity index (χ0n) is 25.1. The monoisotopic (exact) mass is 480 g/mol. The first kappa shape index (κ1) is 31.0. The third kappa shape index (κ3) is 5.84. The van der Waals surface area contributed by atoms with Crippen LogP contribution in [0.5, 0.6) is 0 Å². The number of hydrogen-bond donors (Lipinski definition) is 0. The van der Waals surface area contributed by atoms with E-state index in [4.69, 9.17) is 9.47 Å². The molecular formula is C30H56O4. The molecule has 1 saturated carbocycles. The first-order chi connectivity index (χ1) is 15.0. The van der Waals surface area contributed by atoms with Crippen LogP contribution < -0.4 is 0 Å². The molecule has 0 aromatic carbocycles. The fourth-order valence-corrected chi connectivity index (χ4v) is 6.19. The fourth-order valence-electron chi connectivity index (χ4n) is 6.19. The van der Waals surface area contributed by atoms with Crippen molar-refractivity contribution in [3.8, 4) is 0 Å². The summed E-state index contributed by atoms with van der Waals surface area (Å²) in [6, 6.07) is 0. The average molecular weight is 481 g/mol. The predicted molar refractivity (Wildman–Crippen MR) is 142 cm³/mol. The predicted octanol–water partition coefficient (Wildman–Crippen LogP) is 8.36. The van der Waals surface area contributed by atoms with E-state index in [2.05, 4.69) is 83.1 Å². The van der Waals surface area contributed by atoms with Gasteiger partial charge < -0.3 is 9.47 Å². The van der Waals surface area contributed by atoms with Crippen LogP contribution >= 0.6 is 0 Å². The van der Waals surface area contributed by atoms with E-state index in [-0.39, 0.29) is 33.8 Å². The number of esters is 2. The standard InChI is InChI=1S/C30H56O4/c1-15-30(18-16-17-19-30)34-23(32)29(13,20-24(2,3)4)27(10,11)26(8,9)21-28(12,22(31)33-14)25(5,6)7/h15-21H2,1-14H3. The van der Waals surface area contributed by atoms with Gasteiger partial charge in [0.1, 0.15) is 5.60 Å². The maximum absolute atomic E-state index is 14.2. The van der Waals surface area contributed by atoms with Crippen molar-refractivity contribution in [1.29, 1.82) is 0 Å². The summed E-state index contributed by atoms with van der Waals surface area (Å²) in [5.41, 5.74) is -2.95. The summed E-state index contributed by atoms with van der Waals surface area (Å²) >= 11 is 0. The van der Waals surface area contributed by atoms with Gasteiger partial charge in [-0.3, -0.25) is 9.59 Å². The summed E-state index contributed by atoms with van der Waals surface area (Å²) in [5.74, 6) is -0.278. The Bertz CT molecular complexity index is 728. The van der Waals surface area contributed by atoms with Crippen LogP contribution in [0, 0.1) is 32.5 Å². The molecular weight excluding hydrogens is 424 g/mol. The van der Waals surface area contributed by atoms with E-state index in [1.165, 1.54) is 7.11 Å². The van der Waals surface area contributed by atoms with Crippen molar-refractivity contribution in [2.45, 2.75) is 141 Å². The summed E-state index contributed by atoms with van der Waals surface area (Å²) in [6.07, 6.45) is 6.32. The highest BCUT2D eigenvalue weighted by Gasteiger charge is 2.60. The SMILES string of the molecule is CCC1(OC(=O)C(C)(CC(C)(C)C)C(C)(C)C(C)(C)CC(C)(C(=O)OC)C(C)(C)C)CCCC1. The largest absolute Gasteiger partial charge is 0.469 e. The van der Waals surface area contributed by atoms with E-state index in [1.54, 1.807) is 0 Å². The Morgan fingerprint density at radius 1 is 0.735 bits per heavy atom. The van der Waals surface area contributed by atoms with Crippen LogP contribution in [0.1, 0.15) is 135 Å². The van der Waals surface area contributed by atoms with Crippen molar-refractivity contribution in [1.82, 2.24) is 0 Å². The molecule has 1 rings (SSSR count). The minimum Gasteiger partial charge on any atom is -0.469 e. The van der Waals surface area contributed by atoms with E-state index in [9.17, 15) is 9.59 Å². The Morgan fingerprint density at radius 3 is 1.56 bits per heavy atom. The Kier molecular flexibility index (Phi) is 8.90. The van der Waals surface area contributed by atoms with Crippen LogP contribution in [-0.4, -0.2) is 24.6 Å². The highest BCUT2D eigenvalue weighted by molar-refractivity contribution is 5.79. The lowest BCUT2D eigenvalue weighted by Gasteiger charge is -2.57. The smallest absolute Gasteiger partial charge is 0.312 e. The Morgan fingerprint density at radius 2 is 1.21 bits per heavy atom. The highest BCUT2D eigenvalue weighted by Crippen LogP contribution is 2.61. The third-order valence-electron chi connectivity index (χ3n) is 9.96. The van der Waals surface area contributed by atoms with E-state index in [0.29, 0.717) is 12.8 Å². The molecule has 1 aliphatic rings. The van der Waals surface area contributed by atoms with Gasteiger partial charge in [0.15, 0.2) is 0 Å². The molecule has 0 aromatic rings. The van der Waals surface area contributed by atoms with E-state index >= 15 is 0 Å². The number of methoxy groups -OCH3 is 1. The number of carbonyl (C=O) groups excluding carboxylic acids is 2. The molecule has 200 valence electrons. The topological polar surface area (TPSA) is 52.6 Å². The quantitative estimate of drug-likeness (QED) is 0.311. The van der Waals surface area contributed by atoms with E-state index in [1.807, 2.05) is 6.92 Å². The molecule has 1 fully saturated rings. The van der Waals surface area contributed by atoms with Gasteiger partial charge in [-0.25, -0.2) is 0 Å². The minimum absolute atomic E-state index is 0.0636. The summed E-state index contributed by atoms with van der Waals surface area (Å²) in [5, 5.41) is 0. The van der Waals surface area contributed by atoms with Gasteiger partial charge in [0.2, 0.25) is 0 Å². The molecule has 0 amide bonds. The lowest BCUT2D eigenvalue weighted by atomic mass is 9.47. The molecule has 0 aromatic heterocycles. The Hall–Kier alpha value is -1.06. The minimum atomic E-state index is -0.728. The molecule has 1 aliphatic carbocycles. The number of rotatable bonds is 9. The molecule has 34 heavy (non-hydrogen) atoms. The average Bonchev–Trinajstić information content (AvgIpc) is 3.13. The van der Waals surface area contributed by atoms with Crippen LogP contribution in [0.2, 0.25) is 0 Å². The molecule has 0 saturated heterocycles. The molecule has 0 N–H and O–H groups in total. The zero-order chi connectivity index (χ0) is 27.0. The number of hydrogen-bond acceptors (Lipinski definition) is 4. The first-order valence-corrected chi connectivity index (χ1v) is 13.4. The van der Waals surface area contributed by atoms with Gasteiger partial charge in [-0.15, -0.1) is 0 Å². The third-order valence-corrected chi connectivity index (χ3v) is 9.96. The molecule has 0 bridgehead atoms. The van der Waals surface area contributed by atoms with Crippen LogP contribution in [0.4, 0.5) is 0 Å². The summed E-state index contributed by atoms with van der Waals surface area (Å²) in [7, 11) is 1.47. The second-order valence-corrected chi connectivity index (χ2v) is 15.0. The van der Waals surface area contributed by atoms with Gasteiger partial charge >= 0.3 is 11.9 Å². The second-order valence-electron chi connectivity index (χ2n) is 15.0. The molecule has 0 spiro atoms. The molecule has 0 radical (unpaired) electrons. The zero-order valence-corrected chi connectivity index (χ0v) is 25.1. The van der Waals surface area contributed by atoms with Crippen molar-refractivity contribution in [3.63, 3.8) is 0 Å². The molecule has 4 nitrogen and oxygen atoms in total. The highest BCUT2D eigenvalue weighted by atomic mass is 16.6. The molecule has 4 heteroatoms. The summed E-state index contributed by atoms with van der Waals surface area (Å²) < 4.78 is 11.8. The van der Waals surface area contributed by atoms with Crippen molar-refractivity contribution >= 4 is 11.9 Å². The lowest BCUT2D eigenvalue weighted by Crippen LogP contribution is -2.56. The number of carbonyl (C=O) groups is 2. The molecule has 0 heterocycles. The van der Waals surface area contributed by atoms with Crippen molar-refractivity contribution in [2.75, 3.05) is 7.11 Å². The maximum atomic E-state index is 14.2. The normalized spacial score (nSPS) is 20.9. The molecule has 2 atom stereocenters. The summed E-state index contributed by atoms with van der Waals surface area (Å²) in [6.45, 7) is 28.0.